The summed E-state index contributed by atoms with van der Waals surface area (Å²) < 4.78 is 13.5. The lowest BCUT2D eigenvalue weighted by Crippen LogP contribution is -2.41. The van der Waals surface area contributed by atoms with Gasteiger partial charge in [0, 0.05) is 24.8 Å². The van der Waals surface area contributed by atoms with Gasteiger partial charge in [-0.15, -0.1) is 0 Å². The normalized spacial score (nSPS) is 21.3. The quantitative estimate of drug-likeness (QED) is 0.712. The summed E-state index contributed by atoms with van der Waals surface area (Å²) in [5.41, 5.74) is 1.21. The van der Waals surface area contributed by atoms with Gasteiger partial charge in [0.05, 0.1) is 11.2 Å². The summed E-state index contributed by atoms with van der Waals surface area (Å²) in [5.74, 6) is -0.0131. The maximum absolute atomic E-state index is 11.4. The first-order chi connectivity index (χ1) is 8.14. The molecule has 0 bridgehead atoms. The summed E-state index contributed by atoms with van der Waals surface area (Å²) >= 11 is 0. The number of hydrogen-bond acceptors (Lipinski definition) is 3. The second kappa shape index (κ2) is 3.97. The van der Waals surface area contributed by atoms with Crippen LogP contribution in [0.5, 0.6) is 0 Å². The molecule has 1 aliphatic rings. The zero-order valence-electron chi connectivity index (χ0n) is 11.9. The van der Waals surface area contributed by atoms with Gasteiger partial charge in [-0.1, -0.05) is 0 Å². The largest absolute Gasteiger partial charge is 0.496 e. The van der Waals surface area contributed by atoms with Gasteiger partial charge in [0.15, 0.2) is 0 Å². The van der Waals surface area contributed by atoms with Crippen molar-refractivity contribution in [1.82, 2.24) is 4.57 Å². The van der Waals surface area contributed by atoms with Crippen LogP contribution < -0.4 is 5.46 Å². The smallest absolute Gasteiger partial charge is 0.399 e. The second-order valence-electron chi connectivity index (χ2n) is 5.91. The molecule has 0 aliphatic carbocycles. The number of aryl methyl sites for hydroxylation is 1. The molecule has 18 heavy (non-hydrogen) atoms. The van der Waals surface area contributed by atoms with Crippen molar-refractivity contribution in [3.05, 3.63) is 18.0 Å². The van der Waals surface area contributed by atoms with Crippen LogP contribution in [0.15, 0.2) is 12.4 Å². The highest BCUT2D eigenvalue weighted by Gasteiger charge is 2.52. The van der Waals surface area contributed by atoms with E-state index in [1.807, 2.05) is 40.8 Å². The number of rotatable bonds is 1. The first kappa shape index (κ1) is 13.4. The van der Waals surface area contributed by atoms with Crippen LogP contribution in [0.2, 0.25) is 0 Å². The Morgan fingerprint density at radius 1 is 1.17 bits per heavy atom. The monoisotopic (exact) mass is 249 g/mol. The highest BCUT2D eigenvalue weighted by molar-refractivity contribution is 6.62. The van der Waals surface area contributed by atoms with Crippen LogP contribution in [-0.2, 0) is 9.31 Å². The molecule has 0 unspecified atom stereocenters. The van der Waals surface area contributed by atoms with Gasteiger partial charge in [-0.3, -0.25) is 9.36 Å². The van der Waals surface area contributed by atoms with Gasteiger partial charge in [0.1, 0.15) is 0 Å². The molecule has 1 saturated heterocycles. The zero-order valence-corrected chi connectivity index (χ0v) is 11.9. The van der Waals surface area contributed by atoms with Crippen molar-refractivity contribution in [3.8, 4) is 0 Å². The van der Waals surface area contributed by atoms with E-state index < -0.39 is 7.12 Å². The summed E-state index contributed by atoms with van der Waals surface area (Å²) in [5, 5.41) is 0. The lowest BCUT2D eigenvalue weighted by Gasteiger charge is -2.32. The van der Waals surface area contributed by atoms with Crippen molar-refractivity contribution in [2.24, 2.45) is 0 Å². The molecule has 1 aromatic rings. The first-order valence-electron chi connectivity index (χ1n) is 6.19. The standard InChI is InChI=1S/C13H20BNO3/c1-9-7-15(10(2)16)8-11(9)14-17-12(3,4)13(5,6)18-14/h7-8H,1-6H3. The van der Waals surface area contributed by atoms with Crippen molar-refractivity contribution in [2.75, 3.05) is 0 Å². The van der Waals surface area contributed by atoms with Crippen molar-refractivity contribution >= 4 is 18.5 Å². The molecular formula is C13H20BNO3. The predicted molar refractivity (Wildman–Crippen MR) is 71.2 cm³/mol. The lowest BCUT2D eigenvalue weighted by molar-refractivity contribution is 0.00578. The lowest BCUT2D eigenvalue weighted by atomic mass is 9.79. The van der Waals surface area contributed by atoms with Crippen LogP contribution in [-0.4, -0.2) is 28.8 Å². The minimum atomic E-state index is -0.407. The molecule has 0 amide bonds. The van der Waals surface area contributed by atoms with E-state index in [0.29, 0.717) is 0 Å². The van der Waals surface area contributed by atoms with Gasteiger partial charge < -0.3 is 9.31 Å². The molecule has 1 aliphatic heterocycles. The Balaban J connectivity index is 2.32. The minimum Gasteiger partial charge on any atom is -0.399 e. The van der Waals surface area contributed by atoms with E-state index in [2.05, 4.69) is 0 Å². The summed E-state index contributed by atoms with van der Waals surface area (Å²) in [6.07, 6.45) is 3.60. The van der Waals surface area contributed by atoms with Gasteiger partial charge in [-0.25, -0.2) is 0 Å². The molecule has 0 saturated carbocycles. The van der Waals surface area contributed by atoms with Crippen molar-refractivity contribution in [1.29, 1.82) is 0 Å². The maximum Gasteiger partial charge on any atom is 0.496 e. The van der Waals surface area contributed by atoms with E-state index in [4.69, 9.17) is 9.31 Å². The molecule has 0 aromatic carbocycles. The molecule has 1 aromatic heterocycles. The Bertz CT molecular complexity index is 474. The molecular weight excluding hydrogens is 229 g/mol. The Hall–Kier alpha value is -1.07. The van der Waals surface area contributed by atoms with Crippen molar-refractivity contribution < 1.29 is 14.1 Å². The van der Waals surface area contributed by atoms with E-state index in [-0.39, 0.29) is 17.1 Å². The molecule has 98 valence electrons. The molecule has 0 atom stereocenters. The number of carbonyl (C=O) groups is 1. The van der Waals surface area contributed by atoms with Crippen LogP contribution in [0.25, 0.3) is 0 Å². The second-order valence-corrected chi connectivity index (χ2v) is 5.91. The van der Waals surface area contributed by atoms with Crippen LogP contribution >= 0.6 is 0 Å². The average molecular weight is 249 g/mol. The number of aromatic nitrogens is 1. The predicted octanol–water partition coefficient (Wildman–Crippen LogP) is 1.76. The Morgan fingerprint density at radius 2 is 1.67 bits per heavy atom. The molecule has 0 N–H and O–H groups in total. The summed E-state index contributed by atoms with van der Waals surface area (Å²) in [6.45, 7) is 11.6. The first-order valence-corrected chi connectivity index (χ1v) is 6.19. The maximum atomic E-state index is 11.4. The molecule has 4 nitrogen and oxygen atoms in total. The van der Waals surface area contributed by atoms with Gasteiger partial charge in [-0.2, -0.15) is 0 Å². The van der Waals surface area contributed by atoms with E-state index in [1.165, 1.54) is 6.92 Å². The summed E-state index contributed by atoms with van der Waals surface area (Å²) in [7, 11) is -0.407. The third-order valence-corrected chi connectivity index (χ3v) is 3.94. The van der Waals surface area contributed by atoms with E-state index >= 15 is 0 Å². The van der Waals surface area contributed by atoms with Crippen LogP contribution in [0.1, 0.15) is 45.0 Å². The number of hydrogen-bond donors (Lipinski definition) is 0. The van der Waals surface area contributed by atoms with Crippen LogP contribution in [0.4, 0.5) is 0 Å². The third kappa shape index (κ3) is 2.02. The fraction of sp³-hybridized carbons (Fsp3) is 0.615. The number of carbonyl (C=O) groups excluding carboxylic acids is 1. The molecule has 1 fully saturated rings. The van der Waals surface area contributed by atoms with Crippen molar-refractivity contribution in [2.45, 2.75) is 52.7 Å². The topological polar surface area (TPSA) is 40.5 Å². The molecule has 2 rings (SSSR count). The van der Waals surface area contributed by atoms with Gasteiger partial charge in [0.25, 0.3) is 0 Å². The van der Waals surface area contributed by atoms with E-state index in [0.717, 1.165) is 11.0 Å². The van der Waals surface area contributed by atoms with E-state index in [9.17, 15) is 4.79 Å². The third-order valence-electron chi connectivity index (χ3n) is 3.94. The fourth-order valence-electron chi connectivity index (χ4n) is 1.97. The van der Waals surface area contributed by atoms with Crippen LogP contribution in [0.3, 0.4) is 0 Å². The highest BCUT2D eigenvalue weighted by Crippen LogP contribution is 2.36. The van der Waals surface area contributed by atoms with Crippen LogP contribution in [0, 0.1) is 6.92 Å². The SMILES string of the molecule is CC(=O)n1cc(C)c(B2OC(C)(C)C(C)(C)O2)c1. The number of nitrogens with zero attached hydrogens (tertiary/aromatic N) is 1. The summed E-state index contributed by atoms with van der Waals surface area (Å²) in [6, 6.07) is 0. The molecule has 5 heteroatoms. The Kier molecular flexibility index (Phi) is 2.95. The molecule has 0 spiro atoms. The fourth-order valence-corrected chi connectivity index (χ4v) is 1.97. The zero-order chi connectivity index (χ0) is 13.7. The van der Waals surface area contributed by atoms with Gasteiger partial charge in [0.2, 0.25) is 5.91 Å². The van der Waals surface area contributed by atoms with E-state index in [1.54, 1.807) is 10.8 Å². The minimum absolute atomic E-state index is 0.0131. The van der Waals surface area contributed by atoms with Gasteiger partial charge >= 0.3 is 7.12 Å². The molecule has 0 radical (unpaired) electrons. The summed E-state index contributed by atoms with van der Waals surface area (Å²) in [4.78, 5) is 11.4. The Labute approximate surface area is 108 Å². The Morgan fingerprint density at radius 3 is 2.06 bits per heavy atom. The highest BCUT2D eigenvalue weighted by atomic mass is 16.7. The van der Waals surface area contributed by atoms with Crippen molar-refractivity contribution in [3.63, 3.8) is 0 Å². The average Bonchev–Trinajstić information content (AvgIpc) is 2.66. The van der Waals surface area contributed by atoms with Gasteiger partial charge in [-0.05, 0) is 40.2 Å². The molecule has 2 heterocycles.